The molecule has 0 aromatic heterocycles. The number of hydrogen-bond acceptors (Lipinski definition) is 5. The molecule has 1 rings (SSSR count). The van der Waals surface area contributed by atoms with E-state index in [9.17, 15) is 9.59 Å². The van der Waals surface area contributed by atoms with Gasteiger partial charge in [0.1, 0.15) is 6.04 Å². The second-order valence-corrected chi connectivity index (χ2v) is 5.68. The van der Waals surface area contributed by atoms with Gasteiger partial charge in [-0.3, -0.25) is 4.79 Å². The van der Waals surface area contributed by atoms with Gasteiger partial charge >= 0.3 is 5.97 Å². The van der Waals surface area contributed by atoms with E-state index in [0.29, 0.717) is 19.4 Å². The van der Waals surface area contributed by atoms with Gasteiger partial charge in [0.05, 0.1) is 19.1 Å². The molecule has 0 bridgehead atoms. The third-order valence-electron chi connectivity index (χ3n) is 3.87. The van der Waals surface area contributed by atoms with Gasteiger partial charge in [-0.1, -0.05) is 13.8 Å². The van der Waals surface area contributed by atoms with Gasteiger partial charge in [0.25, 0.3) is 0 Å². The molecule has 1 aliphatic rings. The van der Waals surface area contributed by atoms with Crippen LogP contribution >= 0.6 is 0 Å². The van der Waals surface area contributed by atoms with Gasteiger partial charge < -0.3 is 20.1 Å². The summed E-state index contributed by atoms with van der Waals surface area (Å²) in [4.78, 5) is 24.4. The van der Waals surface area contributed by atoms with Crippen molar-refractivity contribution in [1.29, 1.82) is 0 Å². The summed E-state index contributed by atoms with van der Waals surface area (Å²) in [7, 11) is 2.93. The van der Waals surface area contributed by atoms with Gasteiger partial charge in [0.2, 0.25) is 5.91 Å². The molecule has 0 radical (unpaired) electrons. The Morgan fingerprint density at radius 3 is 2.30 bits per heavy atom. The predicted molar refractivity (Wildman–Crippen MR) is 75.2 cm³/mol. The van der Waals surface area contributed by atoms with Gasteiger partial charge in [0.15, 0.2) is 0 Å². The number of amides is 1. The third kappa shape index (κ3) is 3.93. The molecule has 6 heteroatoms. The topological polar surface area (TPSA) is 76.7 Å². The molecule has 20 heavy (non-hydrogen) atoms. The van der Waals surface area contributed by atoms with Gasteiger partial charge in [-0.25, -0.2) is 4.79 Å². The molecule has 0 aromatic rings. The summed E-state index contributed by atoms with van der Waals surface area (Å²) in [6.07, 6.45) is 1.41. The number of carbonyl (C=O) groups excluding carboxylic acids is 2. The van der Waals surface area contributed by atoms with Crippen molar-refractivity contribution >= 4 is 11.9 Å². The van der Waals surface area contributed by atoms with Crippen molar-refractivity contribution in [3.05, 3.63) is 0 Å². The lowest BCUT2D eigenvalue weighted by atomic mass is 9.78. The second kappa shape index (κ2) is 7.59. The Hall–Kier alpha value is -1.14. The fourth-order valence-corrected chi connectivity index (χ4v) is 2.54. The fourth-order valence-electron chi connectivity index (χ4n) is 2.54. The van der Waals surface area contributed by atoms with Crippen LogP contribution < -0.4 is 10.6 Å². The molecule has 116 valence electrons. The summed E-state index contributed by atoms with van der Waals surface area (Å²) < 4.78 is 9.99. The molecule has 0 saturated carbocycles. The number of piperidine rings is 1. The Kier molecular flexibility index (Phi) is 6.42. The quantitative estimate of drug-likeness (QED) is 0.688. The Labute approximate surface area is 120 Å². The number of methoxy groups -OCH3 is 2. The van der Waals surface area contributed by atoms with E-state index < -0.39 is 17.4 Å². The summed E-state index contributed by atoms with van der Waals surface area (Å²) in [5.41, 5.74) is -0.554. The summed E-state index contributed by atoms with van der Waals surface area (Å²) in [5.74, 6) is -0.549. The van der Waals surface area contributed by atoms with Crippen LogP contribution in [0.2, 0.25) is 0 Å². The van der Waals surface area contributed by atoms with Crippen molar-refractivity contribution in [2.75, 3.05) is 33.9 Å². The first-order valence-corrected chi connectivity index (χ1v) is 7.05. The fraction of sp³-hybridized carbons (Fsp3) is 0.857. The van der Waals surface area contributed by atoms with E-state index >= 15 is 0 Å². The molecule has 1 aliphatic heterocycles. The summed E-state index contributed by atoms with van der Waals surface area (Å²) in [6, 6.07) is -0.615. The second-order valence-electron chi connectivity index (χ2n) is 5.68. The standard InChI is InChI=1S/C14H26N2O4/c1-10(2)11(12(17)20-4)16-13(18)14(9-19-3)5-7-15-8-6-14/h10-11,15H,5-9H2,1-4H3,(H,16,18)/t11-/m0/s1. The first kappa shape index (κ1) is 16.9. The molecular weight excluding hydrogens is 260 g/mol. The van der Waals surface area contributed by atoms with E-state index in [-0.39, 0.29) is 11.8 Å². The minimum absolute atomic E-state index is 0.0206. The van der Waals surface area contributed by atoms with Gasteiger partial charge in [0, 0.05) is 7.11 Å². The van der Waals surface area contributed by atoms with Crippen molar-refractivity contribution in [3.63, 3.8) is 0 Å². The van der Waals surface area contributed by atoms with Gasteiger partial charge in [-0.05, 0) is 31.8 Å². The number of hydrogen-bond donors (Lipinski definition) is 2. The Morgan fingerprint density at radius 2 is 1.85 bits per heavy atom. The molecule has 0 unspecified atom stereocenters. The van der Waals surface area contributed by atoms with E-state index in [1.54, 1.807) is 7.11 Å². The molecule has 1 fully saturated rings. The van der Waals surface area contributed by atoms with Crippen LogP contribution in [0.5, 0.6) is 0 Å². The maximum atomic E-state index is 12.6. The average molecular weight is 286 g/mol. The van der Waals surface area contributed by atoms with Crippen molar-refractivity contribution < 1.29 is 19.1 Å². The zero-order chi connectivity index (χ0) is 15.2. The highest BCUT2D eigenvalue weighted by atomic mass is 16.5. The monoisotopic (exact) mass is 286 g/mol. The Bertz CT molecular complexity index is 333. The highest BCUT2D eigenvalue weighted by molar-refractivity contribution is 5.88. The molecule has 1 saturated heterocycles. The van der Waals surface area contributed by atoms with Gasteiger partial charge in [-0.15, -0.1) is 0 Å². The molecule has 0 aromatic carbocycles. The van der Waals surface area contributed by atoms with Crippen LogP contribution in [0.3, 0.4) is 0 Å². The lowest BCUT2D eigenvalue weighted by molar-refractivity contribution is -0.149. The Morgan fingerprint density at radius 1 is 1.25 bits per heavy atom. The SMILES string of the molecule is COCC1(C(=O)N[C@H](C(=O)OC)C(C)C)CCNCC1. The maximum Gasteiger partial charge on any atom is 0.328 e. The van der Waals surface area contributed by atoms with Crippen molar-refractivity contribution in [2.24, 2.45) is 11.3 Å². The van der Waals surface area contributed by atoms with Crippen LogP contribution in [0.4, 0.5) is 0 Å². The van der Waals surface area contributed by atoms with Crippen LogP contribution in [-0.2, 0) is 19.1 Å². The Balaban J connectivity index is 2.81. The zero-order valence-electron chi connectivity index (χ0n) is 12.8. The lowest BCUT2D eigenvalue weighted by Crippen LogP contribution is -2.55. The van der Waals surface area contributed by atoms with Crippen molar-refractivity contribution in [2.45, 2.75) is 32.7 Å². The van der Waals surface area contributed by atoms with Crippen LogP contribution in [0.1, 0.15) is 26.7 Å². The highest BCUT2D eigenvalue weighted by Crippen LogP contribution is 2.29. The van der Waals surface area contributed by atoms with Crippen LogP contribution in [0, 0.1) is 11.3 Å². The minimum Gasteiger partial charge on any atom is -0.467 e. The molecular formula is C14H26N2O4. The van der Waals surface area contributed by atoms with Crippen molar-refractivity contribution in [1.82, 2.24) is 10.6 Å². The molecule has 2 N–H and O–H groups in total. The maximum absolute atomic E-state index is 12.6. The molecule has 0 spiro atoms. The third-order valence-corrected chi connectivity index (χ3v) is 3.87. The van der Waals surface area contributed by atoms with E-state index in [1.807, 2.05) is 13.8 Å². The van der Waals surface area contributed by atoms with Crippen LogP contribution in [0.15, 0.2) is 0 Å². The number of carbonyl (C=O) groups is 2. The van der Waals surface area contributed by atoms with E-state index in [0.717, 1.165) is 13.1 Å². The number of nitrogens with one attached hydrogen (secondary N) is 2. The van der Waals surface area contributed by atoms with E-state index in [2.05, 4.69) is 10.6 Å². The van der Waals surface area contributed by atoms with Crippen LogP contribution in [-0.4, -0.2) is 51.8 Å². The minimum atomic E-state index is -0.615. The lowest BCUT2D eigenvalue weighted by Gasteiger charge is -2.36. The molecule has 1 amide bonds. The normalized spacial score (nSPS) is 19.4. The molecule has 1 heterocycles. The average Bonchev–Trinajstić information content (AvgIpc) is 2.44. The zero-order valence-corrected chi connectivity index (χ0v) is 12.8. The largest absolute Gasteiger partial charge is 0.467 e. The highest BCUT2D eigenvalue weighted by Gasteiger charge is 2.41. The first-order chi connectivity index (χ1) is 9.46. The van der Waals surface area contributed by atoms with Crippen LogP contribution in [0.25, 0.3) is 0 Å². The summed E-state index contributed by atoms with van der Waals surface area (Å²) >= 11 is 0. The number of rotatable bonds is 6. The number of ether oxygens (including phenoxy) is 2. The first-order valence-electron chi connectivity index (χ1n) is 7.05. The molecule has 1 atom stereocenters. The smallest absolute Gasteiger partial charge is 0.328 e. The summed E-state index contributed by atoms with van der Waals surface area (Å²) in [5, 5.41) is 6.08. The van der Waals surface area contributed by atoms with Gasteiger partial charge in [-0.2, -0.15) is 0 Å². The number of esters is 1. The van der Waals surface area contributed by atoms with E-state index in [1.165, 1.54) is 7.11 Å². The summed E-state index contributed by atoms with van der Waals surface area (Å²) in [6.45, 7) is 5.69. The molecule has 0 aliphatic carbocycles. The van der Waals surface area contributed by atoms with Crippen molar-refractivity contribution in [3.8, 4) is 0 Å². The molecule has 6 nitrogen and oxygen atoms in total. The van der Waals surface area contributed by atoms with E-state index in [4.69, 9.17) is 9.47 Å². The predicted octanol–water partition coefficient (Wildman–Crippen LogP) is 0.316.